The molecule has 37 heavy (non-hydrogen) atoms. The zero-order chi connectivity index (χ0) is 24.3. The van der Waals surface area contributed by atoms with Gasteiger partial charge in [0, 0.05) is 18.5 Å². The summed E-state index contributed by atoms with van der Waals surface area (Å²) < 4.78 is 13.4. The first kappa shape index (κ1) is 20.8. The Hall–Kier alpha value is -4.39. The van der Waals surface area contributed by atoms with Crippen molar-refractivity contribution in [1.82, 2.24) is 0 Å². The van der Waals surface area contributed by atoms with Crippen LogP contribution in [0.1, 0.15) is 0 Å². The Morgan fingerprint density at radius 3 is 1.78 bits per heavy atom. The Bertz CT molecular complexity index is 1830. The van der Waals surface area contributed by atoms with Gasteiger partial charge in [0.25, 0.3) is 0 Å². The van der Waals surface area contributed by atoms with Crippen molar-refractivity contribution >= 4 is 34.6 Å². The van der Waals surface area contributed by atoms with Gasteiger partial charge in [-0.05, 0) is 63.4 Å². The molecule has 1 atom stereocenters. The molecule has 0 amide bonds. The predicted molar refractivity (Wildman–Crippen MR) is 154 cm³/mol. The van der Waals surface area contributed by atoms with Gasteiger partial charge in [0.2, 0.25) is 0 Å². The summed E-state index contributed by atoms with van der Waals surface area (Å²) in [5.74, 6) is 3.65. The molecule has 1 unspecified atom stereocenters. The third kappa shape index (κ3) is 3.23. The minimum Gasteiger partial charge on any atom is -0.456 e. The Morgan fingerprint density at radius 2 is 1.03 bits per heavy atom. The second-order valence-electron chi connectivity index (χ2n) is 9.41. The van der Waals surface area contributed by atoms with Crippen LogP contribution < -0.4 is 25.4 Å². The van der Waals surface area contributed by atoms with Crippen LogP contribution >= 0.6 is 7.92 Å². The lowest BCUT2D eigenvalue weighted by Gasteiger charge is -2.36. The molecule has 174 valence electrons. The van der Waals surface area contributed by atoms with Crippen LogP contribution in [0.4, 0.5) is 0 Å². The van der Waals surface area contributed by atoms with E-state index in [1.54, 1.807) is 0 Å². The standard InChI is InChI=1S/C34H21O2P/c1-3-9-22(10-4-1)25-16-18-32-29(19-25)36-31-21-26(23-11-5-2-6-12-23)20-30-34(31)37(32)33-27-14-8-7-13-24(27)15-17-28(33)35-30/h1-21H. The molecule has 0 saturated carbocycles. The van der Waals surface area contributed by atoms with Crippen molar-refractivity contribution in [2.45, 2.75) is 0 Å². The number of rotatable bonds is 2. The van der Waals surface area contributed by atoms with E-state index in [9.17, 15) is 0 Å². The van der Waals surface area contributed by atoms with Crippen molar-refractivity contribution in [3.8, 4) is 45.3 Å². The SMILES string of the molecule is c1ccc(-c2ccc3c(c2)Oc2cc(-c4ccccc4)cc4c2P3c2c(ccc3ccccc23)O4)cc1. The molecular weight excluding hydrogens is 471 g/mol. The summed E-state index contributed by atoms with van der Waals surface area (Å²) in [6.07, 6.45) is 0. The molecule has 0 aliphatic carbocycles. The van der Waals surface area contributed by atoms with Gasteiger partial charge in [-0.3, -0.25) is 0 Å². The van der Waals surface area contributed by atoms with E-state index in [0.717, 1.165) is 39.7 Å². The highest BCUT2D eigenvalue weighted by molar-refractivity contribution is 7.81. The summed E-state index contributed by atoms with van der Waals surface area (Å²) in [5.41, 5.74) is 4.58. The molecule has 6 aromatic rings. The van der Waals surface area contributed by atoms with Crippen LogP contribution in [-0.4, -0.2) is 0 Å². The first-order valence-corrected chi connectivity index (χ1v) is 13.8. The molecule has 0 aromatic heterocycles. The molecule has 8 rings (SSSR count). The lowest BCUT2D eigenvalue weighted by Crippen LogP contribution is -2.32. The number of benzene rings is 6. The molecule has 0 N–H and O–H groups in total. The summed E-state index contributed by atoms with van der Waals surface area (Å²) in [5, 5.41) is 6.14. The van der Waals surface area contributed by atoms with Gasteiger partial charge in [0.05, 0.1) is 5.30 Å². The fourth-order valence-electron chi connectivity index (χ4n) is 5.48. The van der Waals surface area contributed by atoms with Crippen molar-refractivity contribution in [3.63, 3.8) is 0 Å². The highest BCUT2D eigenvalue weighted by Gasteiger charge is 2.38. The number of ether oxygens (including phenoxy) is 2. The molecule has 2 nitrogen and oxygen atoms in total. The fraction of sp³-hybridized carbons (Fsp3) is 0. The van der Waals surface area contributed by atoms with E-state index in [4.69, 9.17) is 9.47 Å². The van der Waals surface area contributed by atoms with E-state index in [1.807, 2.05) is 6.07 Å². The van der Waals surface area contributed by atoms with Gasteiger partial charge in [0.15, 0.2) is 0 Å². The first-order valence-electron chi connectivity index (χ1n) is 12.4. The largest absolute Gasteiger partial charge is 0.456 e. The quantitative estimate of drug-likeness (QED) is 0.227. The van der Waals surface area contributed by atoms with Crippen molar-refractivity contribution < 1.29 is 9.47 Å². The normalized spacial score (nSPS) is 14.6. The van der Waals surface area contributed by atoms with Gasteiger partial charge in [-0.1, -0.05) is 97.1 Å². The average molecular weight is 493 g/mol. The predicted octanol–water partition coefficient (Wildman–Crippen LogP) is 8.14. The van der Waals surface area contributed by atoms with Gasteiger partial charge in [-0.15, -0.1) is 0 Å². The molecule has 2 aliphatic rings. The van der Waals surface area contributed by atoms with Crippen LogP contribution in [0.5, 0.6) is 23.0 Å². The van der Waals surface area contributed by atoms with Gasteiger partial charge in [0.1, 0.15) is 23.0 Å². The van der Waals surface area contributed by atoms with Crippen LogP contribution in [0, 0.1) is 0 Å². The molecule has 0 saturated heterocycles. The van der Waals surface area contributed by atoms with Gasteiger partial charge in [-0.2, -0.15) is 0 Å². The van der Waals surface area contributed by atoms with Gasteiger partial charge < -0.3 is 9.47 Å². The summed E-state index contributed by atoms with van der Waals surface area (Å²) in [6.45, 7) is 0. The summed E-state index contributed by atoms with van der Waals surface area (Å²) in [6, 6.07) is 44.9. The van der Waals surface area contributed by atoms with E-state index in [0.29, 0.717) is 0 Å². The van der Waals surface area contributed by atoms with Crippen LogP contribution in [-0.2, 0) is 0 Å². The summed E-state index contributed by atoms with van der Waals surface area (Å²) in [4.78, 5) is 0. The molecule has 6 aromatic carbocycles. The molecule has 0 fully saturated rings. The first-order chi connectivity index (χ1) is 18.3. The van der Waals surface area contributed by atoms with Gasteiger partial charge in [-0.25, -0.2) is 0 Å². The third-order valence-electron chi connectivity index (χ3n) is 7.21. The molecular formula is C34H21O2P. The molecule has 0 bridgehead atoms. The second kappa shape index (κ2) is 8.06. The maximum Gasteiger partial charge on any atom is 0.140 e. The number of hydrogen-bond donors (Lipinski definition) is 0. The fourth-order valence-corrected chi connectivity index (χ4v) is 8.19. The van der Waals surface area contributed by atoms with Crippen molar-refractivity contribution in [2.75, 3.05) is 0 Å². The number of fused-ring (bicyclic) bond motifs is 6. The van der Waals surface area contributed by atoms with E-state index >= 15 is 0 Å². The Kier molecular flexibility index (Phi) is 4.53. The van der Waals surface area contributed by atoms with Crippen LogP contribution in [0.2, 0.25) is 0 Å². The maximum atomic E-state index is 6.71. The summed E-state index contributed by atoms with van der Waals surface area (Å²) >= 11 is 0. The zero-order valence-corrected chi connectivity index (χ0v) is 20.8. The third-order valence-corrected chi connectivity index (χ3v) is 9.85. The van der Waals surface area contributed by atoms with Crippen molar-refractivity contribution in [2.24, 2.45) is 0 Å². The molecule has 0 spiro atoms. The van der Waals surface area contributed by atoms with Gasteiger partial charge >= 0.3 is 0 Å². The number of hydrogen-bond acceptors (Lipinski definition) is 2. The molecule has 3 heteroatoms. The monoisotopic (exact) mass is 492 g/mol. The van der Waals surface area contributed by atoms with E-state index in [2.05, 4.69) is 121 Å². The van der Waals surface area contributed by atoms with E-state index < -0.39 is 7.92 Å². The smallest absolute Gasteiger partial charge is 0.140 e. The lowest BCUT2D eigenvalue weighted by atomic mass is 10.0. The lowest BCUT2D eigenvalue weighted by molar-refractivity contribution is 0.467. The van der Waals surface area contributed by atoms with Crippen LogP contribution in [0.15, 0.2) is 127 Å². The minimum atomic E-state index is -0.863. The molecule has 2 aliphatic heterocycles. The minimum absolute atomic E-state index is 0.863. The van der Waals surface area contributed by atoms with Crippen molar-refractivity contribution in [1.29, 1.82) is 0 Å². The highest BCUT2D eigenvalue weighted by Crippen LogP contribution is 2.55. The summed E-state index contributed by atoms with van der Waals surface area (Å²) in [7, 11) is -0.863. The topological polar surface area (TPSA) is 18.5 Å². The molecule has 0 radical (unpaired) electrons. The Labute approximate surface area is 216 Å². The van der Waals surface area contributed by atoms with E-state index in [1.165, 1.54) is 32.2 Å². The highest BCUT2D eigenvalue weighted by atomic mass is 31.1. The average Bonchev–Trinajstić information content (AvgIpc) is 2.97. The second-order valence-corrected chi connectivity index (χ2v) is 11.5. The van der Waals surface area contributed by atoms with Crippen LogP contribution in [0.3, 0.4) is 0 Å². The maximum absolute atomic E-state index is 6.71. The Balaban J connectivity index is 1.40. The molecule has 2 heterocycles. The van der Waals surface area contributed by atoms with Crippen molar-refractivity contribution in [3.05, 3.63) is 127 Å². The van der Waals surface area contributed by atoms with Crippen LogP contribution in [0.25, 0.3) is 33.0 Å². The van der Waals surface area contributed by atoms with E-state index in [-0.39, 0.29) is 0 Å². The Morgan fingerprint density at radius 1 is 0.405 bits per heavy atom. The zero-order valence-electron chi connectivity index (χ0n) is 19.9.